The molecule has 1 rings (SSSR count). The number of carbonyl (C=O) groups is 5. The van der Waals surface area contributed by atoms with E-state index in [-0.39, 0.29) is 68.5 Å². The predicted octanol–water partition coefficient (Wildman–Crippen LogP) is -0.697. The minimum Gasteiger partial charge on any atom is -0.380 e. The molecule has 11 N–H and O–H groups in total. The van der Waals surface area contributed by atoms with Crippen LogP contribution in [0.25, 0.3) is 0 Å². The fraction of sp³-hybridized carbons (Fsp3) is 0.743. The van der Waals surface area contributed by atoms with Crippen LogP contribution >= 0.6 is 0 Å². The molecule has 0 fully saturated rings. The number of hydrogen-bond donors (Lipinski definition) is 9. The summed E-state index contributed by atoms with van der Waals surface area (Å²) in [5, 5.41) is 42.5. The van der Waals surface area contributed by atoms with Gasteiger partial charge in [0.1, 0.15) is 11.4 Å². The highest BCUT2D eigenvalue weighted by atomic mass is 16.5. The van der Waals surface area contributed by atoms with Crippen LogP contribution in [0.5, 0.6) is 0 Å². The molecule has 0 saturated carbocycles. The topological polar surface area (TPSA) is 293 Å². The van der Waals surface area contributed by atoms with Crippen molar-refractivity contribution >= 4 is 40.9 Å². The molecule has 20 heteroatoms. The van der Waals surface area contributed by atoms with Crippen molar-refractivity contribution in [1.29, 1.82) is 0 Å². The third-order valence-electron chi connectivity index (χ3n) is 8.69. The van der Waals surface area contributed by atoms with Gasteiger partial charge < -0.3 is 32.7 Å². The summed E-state index contributed by atoms with van der Waals surface area (Å²) in [6.45, 7) is 6.26. The molecule has 314 valence electrons. The Bertz CT molecular complexity index is 1370. The summed E-state index contributed by atoms with van der Waals surface area (Å²) in [5.74, 6) is -2.24. The zero-order valence-corrected chi connectivity index (χ0v) is 32.3. The van der Waals surface area contributed by atoms with E-state index in [4.69, 9.17) is 11.5 Å². The van der Waals surface area contributed by atoms with E-state index >= 15 is 0 Å². The molecule has 55 heavy (non-hydrogen) atoms. The molecule has 1 aromatic rings. The summed E-state index contributed by atoms with van der Waals surface area (Å²) in [7, 11) is 0. The Hall–Kier alpha value is -4.21. The molecule has 0 unspecified atom stereocenters. The molecule has 0 bridgehead atoms. The maximum atomic E-state index is 12.2. The van der Waals surface area contributed by atoms with Gasteiger partial charge in [0.05, 0.1) is 0 Å². The largest absolute Gasteiger partial charge is 0.380 e. The number of carbonyl (C=O) groups excluding carboxylic acids is 5. The van der Waals surface area contributed by atoms with Gasteiger partial charge >= 0.3 is 0 Å². The lowest BCUT2D eigenvalue weighted by Crippen LogP contribution is -2.40. The van der Waals surface area contributed by atoms with Gasteiger partial charge in [0.25, 0.3) is 10.9 Å². The Morgan fingerprint density at radius 2 is 0.909 bits per heavy atom. The van der Waals surface area contributed by atoms with E-state index in [0.717, 1.165) is 0 Å². The first-order chi connectivity index (χ1) is 26.3. The third-order valence-corrected chi connectivity index (χ3v) is 8.69. The number of unbranched alkanes of at least 4 members (excludes halogenated alkanes) is 6. The number of hydroxylamine groups is 6. The molecule has 20 nitrogen and oxygen atoms in total. The van der Waals surface area contributed by atoms with E-state index in [0.29, 0.717) is 132 Å². The van der Waals surface area contributed by atoms with Crippen LogP contribution < -0.4 is 43.6 Å². The van der Waals surface area contributed by atoms with Crippen LogP contribution in [0.2, 0.25) is 0 Å². The number of nitrogens with one attached hydrogen (secondary N) is 4. The lowest BCUT2D eigenvalue weighted by atomic mass is 10.1. The smallest absolute Gasteiger partial charge is 0.253 e. The lowest BCUT2D eigenvalue weighted by Gasteiger charge is -2.22. The first-order valence-electron chi connectivity index (χ1n) is 19.2. The van der Waals surface area contributed by atoms with Gasteiger partial charge in [0.15, 0.2) is 0 Å². The highest BCUT2D eigenvalue weighted by Gasteiger charge is 2.20. The molecular formula is C35H64N10O10. The van der Waals surface area contributed by atoms with Crippen molar-refractivity contribution in [2.24, 2.45) is 11.5 Å². The number of nitrogens with zero attached hydrogens (tertiary/aromatic N) is 4. The van der Waals surface area contributed by atoms with Gasteiger partial charge in [0, 0.05) is 111 Å². The second kappa shape index (κ2) is 29.1. The van der Waals surface area contributed by atoms with Gasteiger partial charge in [-0.3, -0.25) is 54.1 Å². The van der Waals surface area contributed by atoms with E-state index in [2.05, 4.69) is 26.2 Å². The van der Waals surface area contributed by atoms with Crippen LogP contribution in [-0.4, -0.2) is 144 Å². The van der Waals surface area contributed by atoms with Crippen molar-refractivity contribution in [3.8, 4) is 0 Å². The van der Waals surface area contributed by atoms with Crippen LogP contribution in [-0.2, 0) is 24.0 Å². The molecule has 1 aromatic carbocycles. The van der Waals surface area contributed by atoms with E-state index in [9.17, 15) is 49.2 Å². The molecule has 0 spiro atoms. The number of rotatable bonds is 33. The lowest BCUT2D eigenvalue weighted by molar-refractivity contribution is -0.166. The minimum absolute atomic E-state index is 0.0644. The first kappa shape index (κ1) is 48.8. The Morgan fingerprint density at radius 3 is 1.33 bits per heavy atom. The highest BCUT2D eigenvalue weighted by Crippen LogP contribution is 2.14. The van der Waals surface area contributed by atoms with Crippen molar-refractivity contribution in [3.05, 3.63) is 20.4 Å². The average molecular weight is 785 g/mol. The van der Waals surface area contributed by atoms with E-state index in [1.807, 2.05) is 0 Å². The average Bonchev–Trinajstić information content (AvgIpc) is 3.16. The van der Waals surface area contributed by atoms with Gasteiger partial charge in [-0.25, -0.2) is 15.2 Å². The standard InChI is InChI=1S/C35H64N10O10/c1-27(46)43(53)21-8-2-5-17-38-28(47)11-13-30(49)44(54)22-9-3-6-18-39-29(48)12-14-31(50)45(55)23-10-4-7-19-40-32-33(35(52)34(32)51)41-20-26-42(24-15-36)25-16-37/h40-41,53-55H,2-26,36-37H2,1H3,(H,38,47)(H,39,48). The van der Waals surface area contributed by atoms with Gasteiger partial charge in [0.2, 0.25) is 29.5 Å². The van der Waals surface area contributed by atoms with Crippen LogP contribution in [0.3, 0.4) is 0 Å². The van der Waals surface area contributed by atoms with Crippen LogP contribution in [0.15, 0.2) is 9.59 Å². The number of anilines is 2. The molecule has 0 aliphatic carbocycles. The van der Waals surface area contributed by atoms with Crippen LogP contribution in [0.1, 0.15) is 90.4 Å². The number of hydrogen-bond acceptors (Lipinski definition) is 15. The van der Waals surface area contributed by atoms with Gasteiger partial charge in [-0.05, 0) is 57.8 Å². The second-order valence-corrected chi connectivity index (χ2v) is 13.2. The first-order valence-corrected chi connectivity index (χ1v) is 19.2. The number of nitrogens with two attached hydrogens (primary N) is 2. The summed E-state index contributed by atoms with van der Waals surface area (Å²) in [6.07, 6.45) is 4.93. The summed E-state index contributed by atoms with van der Waals surface area (Å²) in [4.78, 5) is 85.4. The quantitative estimate of drug-likeness (QED) is 0.0184. The zero-order valence-electron chi connectivity index (χ0n) is 32.3. The summed E-state index contributed by atoms with van der Waals surface area (Å²) in [5.41, 5.74) is 10.6. The molecular weight excluding hydrogens is 720 g/mol. The third kappa shape index (κ3) is 21.5. The Balaban J connectivity index is 2.08. The van der Waals surface area contributed by atoms with Crippen LogP contribution in [0, 0.1) is 0 Å². The SMILES string of the molecule is CC(=O)N(O)CCCCCNC(=O)CCC(=O)N(O)CCCCCNC(=O)CCC(=O)N(O)CCCCCNc1c(NCCN(CCN)CCN)c(=O)c1=O. The Kier molecular flexibility index (Phi) is 25.8. The van der Waals surface area contributed by atoms with Crippen molar-refractivity contribution < 1.29 is 39.6 Å². The van der Waals surface area contributed by atoms with Gasteiger partial charge in [-0.2, -0.15) is 0 Å². The Morgan fingerprint density at radius 1 is 0.509 bits per heavy atom. The molecule has 0 saturated heterocycles. The molecule has 0 aliphatic rings. The van der Waals surface area contributed by atoms with Crippen molar-refractivity contribution in [1.82, 2.24) is 30.7 Å². The fourth-order valence-electron chi connectivity index (χ4n) is 5.41. The van der Waals surface area contributed by atoms with Crippen molar-refractivity contribution in [3.63, 3.8) is 0 Å². The normalized spacial score (nSPS) is 11.0. The Labute approximate surface area is 322 Å². The monoisotopic (exact) mass is 784 g/mol. The molecule has 0 radical (unpaired) electrons. The predicted molar refractivity (Wildman–Crippen MR) is 205 cm³/mol. The number of amides is 5. The highest BCUT2D eigenvalue weighted by molar-refractivity contribution is 5.83. The summed E-state index contributed by atoms with van der Waals surface area (Å²) < 4.78 is 0. The van der Waals surface area contributed by atoms with Crippen molar-refractivity contribution in [2.75, 3.05) is 89.2 Å². The minimum atomic E-state index is -0.577. The van der Waals surface area contributed by atoms with E-state index in [1.54, 1.807) is 0 Å². The molecule has 5 amide bonds. The van der Waals surface area contributed by atoms with Gasteiger partial charge in [-0.1, -0.05) is 0 Å². The molecule has 0 aliphatic heterocycles. The molecule has 0 aromatic heterocycles. The second-order valence-electron chi connectivity index (χ2n) is 13.2. The summed E-state index contributed by atoms with van der Waals surface area (Å²) in [6, 6.07) is 0. The maximum absolute atomic E-state index is 12.2. The zero-order chi connectivity index (χ0) is 41.0. The van der Waals surface area contributed by atoms with E-state index < -0.39 is 28.6 Å². The molecule has 0 heterocycles. The van der Waals surface area contributed by atoms with Crippen molar-refractivity contribution in [2.45, 2.75) is 90.4 Å². The molecule has 0 atom stereocenters. The fourth-order valence-corrected chi connectivity index (χ4v) is 5.41. The summed E-state index contributed by atoms with van der Waals surface area (Å²) >= 11 is 0. The van der Waals surface area contributed by atoms with Gasteiger partial charge in [-0.15, -0.1) is 0 Å². The van der Waals surface area contributed by atoms with E-state index in [1.165, 1.54) is 6.92 Å². The maximum Gasteiger partial charge on any atom is 0.253 e. The van der Waals surface area contributed by atoms with Crippen LogP contribution in [0.4, 0.5) is 11.4 Å².